The number of hydrogen-bond donors (Lipinski definition) is 2. The maximum atomic E-state index is 10.2. The molecular formula is C4H10ClNO3. The average Bonchev–Trinajstić information content (AvgIpc) is 1.84. The summed E-state index contributed by atoms with van der Waals surface area (Å²) in [6.07, 6.45) is 0. The second-order valence-corrected chi connectivity index (χ2v) is 1.31. The van der Waals surface area contributed by atoms with Gasteiger partial charge in [0, 0.05) is 0 Å². The van der Waals surface area contributed by atoms with E-state index in [0.29, 0.717) is 0 Å². The Bertz CT molecular complexity index is 87.9. The highest BCUT2D eigenvalue weighted by Gasteiger charge is 2.10. The lowest BCUT2D eigenvalue weighted by Gasteiger charge is -2.02. The molecule has 1 unspecified atom stereocenters. The molecule has 0 bridgehead atoms. The Kier molecular flexibility index (Phi) is 7.41. The Hall–Kier alpha value is -0.320. The van der Waals surface area contributed by atoms with E-state index in [1.54, 1.807) is 0 Å². The van der Waals surface area contributed by atoms with Crippen molar-refractivity contribution in [2.45, 2.75) is 6.04 Å². The van der Waals surface area contributed by atoms with Crippen LogP contribution in [-0.2, 0) is 9.53 Å². The van der Waals surface area contributed by atoms with Crippen LogP contribution < -0.4 is 5.73 Å². The van der Waals surface area contributed by atoms with Gasteiger partial charge in [0.05, 0.1) is 13.7 Å². The topological polar surface area (TPSA) is 72.5 Å². The van der Waals surface area contributed by atoms with Crippen molar-refractivity contribution < 1.29 is 14.6 Å². The highest BCUT2D eigenvalue weighted by atomic mass is 35.5. The van der Waals surface area contributed by atoms with E-state index >= 15 is 0 Å². The van der Waals surface area contributed by atoms with Gasteiger partial charge in [-0.15, -0.1) is 12.4 Å². The molecule has 0 saturated carbocycles. The van der Waals surface area contributed by atoms with Crippen molar-refractivity contribution >= 4 is 18.4 Å². The Labute approximate surface area is 59.4 Å². The molecule has 0 aromatic carbocycles. The normalized spacial score (nSPS) is 11.4. The first kappa shape index (κ1) is 11.5. The third-order valence-corrected chi connectivity index (χ3v) is 0.701. The maximum Gasteiger partial charge on any atom is 0.325 e. The molecule has 0 radical (unpaired) electrons. The van der Waals surface area contributed by atoms with E-state index < -0.39 is 12.0 Å². The third-order valence-electron chi connectivity index (χ3n) is 0.701. The van der Waals surface area contributed by atoms with E-state index in [9.17, 15) is 4.79 Å². The third kappa shape index (κ3) is 4.20. The maximum absolute atomic E-state index is 10.2. The Morgan fingerprint density at radius 1 is 1.89 bits per heavy atom. The first-order valence-electron chi connectivity index (χ1n) is 2.16. The Balaban J connectivity index is 0. The highest BCUT2D eigenvalue weighted by molar-refractivity contribution is 5.85. The second-order valence-electron chi connectivity index (χ2n) is 1.31. The summed E-state index contributed by atoms with van der Waals surface area (Å²) < 4.78 is 4.18. The highest BCUT2D eigenvalue weighted by Crippen LogP contribution is 1.78. The van der Waals surface area contributed by atoms with Crippen LogP contribution in [0.25, 0.3) is 0 Å². The zero-order chi connectivity index (χ0) is 6.57. The standard InChI is InChI=1S/C4H9NO3.ClH/c1-8-4(7)3(5)2-6;/h3,6H,2,5H2,1H3;1H. The summed E-state index contributed by atoms with van der Waals surface area (Å²) in [5.74, 6) is -0.590. The lowest BCUT2D eigenvalue weighted by atomic mass is 10.3. The summed E-state index contributed by atoms with van der Waals surface area (Å²) in [4.78, 5) is 10.2. The van der Waals surface area contributed by atoms with Gasteiger partial charge in [-0.1, -0.05) is 0 Å². The molecule has 0 aromatic heterocycles. The predicted molar refractivity (Wildman–Crippen MR) is 34.3 cm³/mol. The number of carbonyl (C=O) groups is 1. The van der Waals surface area contributed by atoms with Crippen LogP contribution in [0.4, 0.5) is 0 Å². The second kappa shape index (κ2) is 5.81. The van der Waals surface area contributed by atoms with Crippen LogP contribution in [0.2, 0.25) is 0 Å². The molecule has 0 aromatic rings. The van der Waals surface area contributed by atoms with Gasteiger partial charge in [0.25, 0.3) is 0 Å². The first-order valence-corrected chi connectivity index (χ1v) is 2.16. The number of aliphatic hydroxyl groups excluding tert-OH is 1. The van der Waals surface area contributed by atoms with E-state index in [0.717, 1.165) is 0 Å². The minimum Gasteiger partial charge on any atom is -0.468 e. The zero-order valence-electron chi connectivity index (χ0n) is 5.03. The molecule has 0 aliphatic rings. The fourth-order valence-electron chi connectivity index (χ4n) is 0.226. The van der Waals surface area contributed by atoms with E-state index in [1.807, 2.05) is 0 Å². The van der Waals surface area contributed by atoms with E-state index in [4.69, 9.17) is 10.8 Å². The summed E-state index contributed by atoms with van der Waals surface area (Å²) in [5.41, 5.74) is 5.00. The van der Waals surface area contributed by atoms with Gasteiger partial charge >= 0.3 is 5.97 Å². The quantitative estimate of drug-likeness (QED) is 0.497. The number of aliphatic hydroxyl groups is 1. The molecule has 0 heterocycles. The lowest BCUT2D eigenvalue weighted by molar-refractivity contribution is -0.143. The van der Waals surface area contributed by atoms with Gasteiger partial charge in [-0.3, -0.25) is 4.79 Å². The fourth-order valence-corrected chi connectivity index (χ4v) is 0.226. The van der Waals surface area contributed by atoms with Crippen molar-refractivity contribution in [3.05, 3.63) is 0 Å². The number of hydrogen-bond acceptors (Lipinski definition) is 4. The lowest BCUT2D eigenvalue weighted by Crippen LogP contribution is -2.34. The van der Waals surface area contributed by atoms with E-state index in [2.05, 4.69) is 4.74 Å². The molecule has 5 heteroatoms. The van der Waals surface area contributed by atoms with Crippen LogP contribution in [-0.4, -0.2) is 30.8 Å². The molecule has 0 saturated heterocycles. The number of ether oxygens (including phenoxy) is 1. The fraction of sp³-hybridized carbons (Fsp3) is 0.750. The summed E-state index contributed by atoms with van der Waals surface area (Å²) in [7, 11) is 1.22. The zero-order valence-corrected chi connectivity index (χ0v) is 5.85. The minimum atomic E-state index is -0.889. The van der Waals surface area contributed by atoms with Crippen LogP contribution in [0.1, 0.15) is 0 Å². The van der Waals surface area contributed by atoms with Gasteiger partial charge < -0.3 is 15.6 Å². The molecule has 0 rings (SSSR count). The van der Waals surface area contributed by atoms with Gasteiger partial charge in [0.1, 0.15) is 6.04 Å². The number of halogens is 1. The van der Waals surface area contributed by atoms with Gasteiger partial charge in [0.15, 0.2) is 0 Å². The van der Waals surface area contributed by atoms with Crippen molar-refractivity contribution in [2.75, 3.05) is 13.7 Å². The molecule has 0 fully saturated rings. The molecule has 1 atom stereocenters. The van der Waals surface area contributed by atoms with Gasteiger partial charge in [0.2, 0.25) is 0 Å². The van der Waals surface area contributed by atoms with Crippen LogP contribution in [0.3, 0.4) is 0 Å². The van der Waals surface area contributed by atoms with E-state index in [-0.39, 0.29) is 19.0 Å². The van der Waals surface area contributed by atoms with Crippen molar-refractivity contribution in [1.29, 1.82) is 0 Å². The smallest absolute Gasteiger partial charge is 0.325 e. The van der Waals surface area contributed by atoms with Gasteiger partial charge in [-0.25, -0.2) is 0 Å². The van der Waals surface area contributed by atoms with Crippen LogP contribution in [0.5, 0.6) is 0 Å². The largest absolute Gasteiger partial charge is 0.468 e. The molecule has 9 heavy (non-hydrogen) atoms. The van der Waals surface area contributed by atoms with Crippen molar-refractivity contribution in [2.24, 2.45) is 5.73 Å². The predicted octanol–water partition coefficient (Wildman–Crippen LogP) is -1.10. The molecule has 0 aliphatic heterocycles. The van der Waals surface area contributed by atoms with Gasteiger partial charge in [-0.2, -0.15) is 0 Å². The molecule has 3 N–H and O–H groups in total. The SMILES string of the molecule is COC(=O)C(N)CO.Cl. The average molecular weight is 156 g/mol. The number of carbonyl (C=O) groups excluding carboxylic acids is 1. The first-order chi connectivity index (χ1) is 3.72. The van der Waals surface area contributed by atoms with Crippen molar-refractivity contribution in [1.82, 2.24) is 0 Å². The monoisotopic (exact) mass is 155 g/mol. The number of nitrogens with two attached hydrogens (primary N) is 1. The summed E-state index contributed by atoms with van der Waals surface area (Å²) in [6.45, 7) is -0.368. The number of esters is 1. The number of rotatable bonds is 2. The Morgan fingerprint density at radius 2 is 2.33 bits per heavy atom. The summed E-state index contributed by atoms with van der Waals surface area (Å²) in [6, 6.07) is -0.889. The molecular weight excluding hydrogens is 146 g/mol. The molecule has 56 valence electrons. The van der Waals surface area contributed by atoms with Crippen LogP contribution in [0.15, 0.2) is 0 Å². The number of methoxy groups -OCH3 is 1. The molecule has 0 spiro atoms. The molecule has 0 amide bonds. The molecule has 4 nitrogen and oxygen atoms in total. The van der Waals surface area contributed by atoms with Crippen LogP contribution >= 0.6 is 12.4 Å². The van der Waals surface area contributed by atoms with Crippen LogP contribution in [0, 0.1) is 0 Å². The summed E-state index contributed by atoms with van der Waals surface area (Å²) in [5, 5.41) is 8.21. The van der Waals surface area contributed by atoms with Crippen molar-refractivity contribution in [3.63, 3.8) is 0 Å². The minimum absolute atomic E-state index is 0. The van der Waals surface area contributed by atoms with Gasteiger partial charge in [-0.05, 0) is 0 Å². The Morgan fingerprint density at radius 3 is 2.44 bits per heavy atom. The summed E-state index contributed by atoms with van der Waals surface area (Å²) >= 11 is 0. The van der Waals surface area contributed by atoms with E-state index in [1.165, 1.54) is 7.11 Å². The van der Waals surface area contributed by atoms with Crippen molar-refractivity contribution in [3.8, 4) is 0 Å². The molecule has 0 aliphatic carbocycles.